The van der Waals surface area contributed by atoms with Gasteiger partial charge in [0, 0.05) is 48.8 Å². The number of aromatic nitrogens is 1. The fraction of sp³-hybridized carbons (Fsp3) is 0.580. The zero-order valence-corrected chi connectivity index (χ0v) is 55.9. The van der Waals surface area contributed by atoms with E-state index in [-0.39, 0.29) is 11.0 Å². The molecule has 0 radical (unpaired) electrons. The number of benzene rings is 6. The molecule has 2 aromatic heterocycles. The number of carboxylic acids is 1. The summed E-state index contributed by atoms with van der Waals surface area (Å²) in [4.78, 5) is 14.7. The minimum Gasteiger partial charge on any atom is -0.493 e. The first-order valence-electron chi connectivity index (χ1n) is 36.0. The molecule has 0 bridgehead atoms. The normalized spacial score (nSPS) is 13.6. The second-order valence-corrected chi connectivity index (χ2v) is 28.1. The van der Waals surface area contributed by atoms with E-state index in [0.29, 0.717) is 11.8 Å². The maximum Gasteiger partial charge on any atom is 0.346 e. The van der Waals surface area contributed by atoms with Gasteiger partial charge in [-0.2, -0.15) is 5.26 Å². The van der Waals surface area contributed by atoms with Gasteiger partial charge in [-0.3, -0.25) is 0 Å². The Labute approximate surface area is 529 Å². The number of hydrogen-bond donors (Lipinski definition) is 1. The molecule has 1 N–H and O–H groups in total. The van der Waals surface area contributed by atoms with Gasteiger partial charge in [0.2, 0.25) is 0 Å². The molecule has 0 saturated heterocycles. The van der Waals surface area contributed by atoms with Crippen molar-refractivity contribution in [3.8, 4) is 33.4 Å². The van der Waals surface area contributed by atoms with Crippen LogP contribution in [0.2, 0.25) is 0 Å². The predicted molar refractivity (Wildman–Crippen MR) is 378 cm³/mol. The van der Waals surface area contributed by atoms with Crippen LogP contribution in [-0.2, 0) is 16.8 Å². The lowest BCUT2D eigenvalue weighted by Gasteiger charge is -2.34. The standard InChI is InChI=1S/C81H110N2O3S/c1-7-13-19-25-28-34-42-60(41-33-24-18-12-6)58-86-63-49-47-61(48-50-63)69-55-71-75-72-65(43-37-45-67(69)72)66-44-38-46-68-73(66)76(75)78(83(71)57-59(39-31-22-16-10-4)40-32-23-17-11-5)77-74(68)79-70(54-64(87-79)53-62(56-82)80(84)85)81(77,51-35-29-26-20-14-8-2)52-36-30-27-21-15-9-3/h37-38,43-50,53-55,59-60H,7-36,39-42,51-52,57-58H2,1-6H3,(H,84,85). The number of fused-ring (bicyclic) bond motifs is 6. The number of aliphatic carboxylic acids is 1. The lowest BCUT2D eigenvalue weighted by Crippen LogP contribution is -2.26. The Morgan fingerprint density at radius 1 is 0.563 bits per heavy atom. The molecular weight excluding hydrogens is 1080 g/mol. The molecule has 9 rings (SSSR count). The van der Waals surface area contributed by atoms with Gasteiger partial charge in [0.1, 0.15) is 17.4 Å². The van der Waals surface area contributed by atoms with Gasteiger partial charge in [-0.25, -0.2) is 4.79 Å². The van der Waals surface area contributed by atoms with Crippen molar-refractivity contribution in [1.82, 2.24) is 4.57 Å². The highest BCUT2D eigenvalue weighted by molar-refractivity contribution is 7.16. The summed E-state index contributed by atoms with van der Waals surface area (Å²) < 4.78 is 9.74. The highest BCUT2D eigenvalue weighted by atomic mass is 32.1. The Bertz CT molecular complexity index is 3430. The van der Waals surface area contributed by atoms with Crippen LogP contribution in [0.4, 0.5) is 0 Å². The Morgan fingerprint density at radius 2 is 1.03 bits per heavy atom. The molecule has 0 saturated carbocycles. The van der Waals surface area contributed by atoms with E-state index in [2.05, 4.69) is 119 Å². The van der Waals surface area contributed by atoms with Gasteiger partial charge >= 0.3 is 5.97 Å². The van der Waals surface area contributed by atoms with Crippen molar-refractivity contribution < 1.29 is 14.6 Å². The van der Waals surface area contributed by atoms with Gasteiger partial charge < -0.3 is 14.4 Å². The van der Waals surface area contributed by atoms with E-state index in [1.165, 1.54) is 287 Å². The maximum atomic E-state index is 12.6. The number of carboxylic acid groups (broad SMARTS) is 1. The molecule has 8 aromatic rings. The zero-order chi connectivity index (χ0) is 61.0. The molecule has 0 spiro atoms. The molecule has 6 aromatic carbocycles. The lowest BCUT2D eigenvalue weighted by molar-refractivity contribution is -0.132. The van der Waals surface area contributed by atoms with Gasteiger partial charge in [0.15, 0.2) is 0 Å². The van der Waals surface area contributed by atoms with E-state index in [0.717, 1.165) is 49.5 Å². The van der Waals surface area contributed by atoms with Crippen LogP contribution in [0.15, 0.2) is 78.4 Å². The molecule has 87 heavy (non-hydrogen) atoms. The number of nitriles is 1. The first-order valence-corrected chi connectivity index (χ1v) is 36.8. The summed E-state index contributed by atoms with van der Waals surface area (Å²) in [6, 6.07) is 30.6. The number of nitrogens with zero attached hydrogens (tertiary/aromatic N) is 2. The van der Waals surface area contributed by atoms with Crippen molar-refractivity contribution >= 4 is 77.5 Å². The number of hydrogen-bond acceptors (Lipinski definition) is 4. The molecule has 1 aliphatic rings. The molecular formula is C81H110N2O3S. The highest BCUT2D eigenvalue weighted by Crippen LogP contribution is 2.64. The monoisotopic (exact) mass is 1190 g/mol. The molecule has 0 fully saturated rings. The molecule has 468 valence electrons. The van der Waals surface area contributed by atoms with Crippen LogP contribution in [0, 0.1) is 23.2 Å². The van der Waals surface area contributed by atoms with Crippen LogP contribution in [0.3, 0.4) is 0 Å². The molecule has 0 amide bonds. The van der Waals surface area contributed by atoms with E-state index in [9.17, 15) is 15.2 Å². The van der Waals surface area contributed by atoms with Crippen molar-refractivity contribution in [2.24, 2.45) is 11.8 Å². The molecule has 1 unspecified atom stereocenters. The van der Waals surface area contributed by atoms with E-state index < -0.39 is 5.97 Å². The quantitative estimate of drug-likeness (QED) is 0.0136. The van der Waals surface area contributed by atoms with E-state index in [4.69, 9.17) is 4.74 Å². The molecule has 6 heteroatoms. The SMILES string of the molecule is CCCCCCCCC(CCCCCC)COc1ccc(-c2cc3c4c5c2cccc5c2cccc5c6c(c(c4c52)n3CC(CCCCCC)CCCCCC)C(CCCCCCCC)(CCCCCCCC)c2cc(C=C(C#N)C(=O)O)sc2-6)cc1. The van der Waals surface area contributed by atoms with Gasteiger partial charge in [0.25, 0.3) is 0 Å². The first-order chi connectivity index (χ1) is 42.8. The number of rotatable bonds is 44. The number of thiophene rings is 1. The van der Waals surface area contributed by atoms with Crippen LogP contribution >= 0.6 is 11.3 Å². The number of ether oxygens (including phenoxy) is 1. The van der Waals surface area contributed by atoms with Crippen molar-refractivity contribution in [2.45, 2.75) is 285 Å². The summed E-state index contributed by atoms with van der Waals surface area (Å²) in [6.45, 7) is 15.7. The Kier molecular flexibility index (Phi) is 25.4. The third kappa shape index (κ3) is 15.4. The van der Waals surface area contributed by atoms with Crippen molar-refractivity contribution in [3.63, 3.8) is 0 Å². The second kappa shape index (κ2) is 33.4. The number of carbonyl (C=O) groups is 1. The van der Waals surface area contributed by atoms with Crippen LogP contribution in [0.25, 0.3) is 81.8 Å². The molecule has 1 aliphatic carbocycles. The summed E-state index contributed by atoms with van der Waals surface area (Å²) >= 11 is 1.73. The summed E-state index contributed by atoms with van der Waals surface area (Å²) in [7, 11) is 0. The average Bonchev–Trinajstić information content (AvgIpc) is 1.57. The van der Waals surface area contributed by atoms with Crippen LogP contribution in [-0.4, -0.2) is 22.2 Å². The van der Waals surface area contributed by atoms with E-state index in [1.54, 1.807) is 23.0 Å². The summed E-state index contributed by atoms with van der Waals surface area (Å²) in [5.74, 6) is 0.953. The first kappa shape index (κ1) is 66.0. The van der Waals surface area contributed by atoms with Crippen molar-refractivity contribution in [1.29, 1.82) is 5.26 Å². The molecule has 5 nitrogen and oxygen atoms in total. The maximum absolute atomic E-state index is 12.6. The average molecular weight is 1190 g/mol. The fourth-order valence-corrected chi connectivity index (χ4v) is 17.1. The predicted octanol–water partition coefficient (Wildman–Crippen LogP) is 25.9. The Hall–Kier alpha value is -5.38. The second-order valence-electron chi connectivity index (χ2n) is 27.0. The fourth-order valence-electron chi connectivity index (χ4n) is 15.8. The number of unbranched alkanes of at least 4 members (excludes halogenated alkanes) is 24. The Balaban J connectivity index is 1.27. The highest BCUT2D eigenvalue weighted by Gasteiger charge is 2.48. The van der Waals surface area contributed by atoms with Crippen LogP contribution in [0.1, 0.15) is 289 Å². The zero-order valence-electron chi connectivity index (χ0n) is 55.1. The van der Waals surface area contributed by atoms with Crippen LogP contribution in [0.5, 0.6) is 5.75 Å². The molecule has 1 atom stereocenters. The molecule has 0 aliphatic heterocycles. The third-order valence-corrected chi connectivity index (χ3v) is 21.6. The van der Waals surface area contributed by atoms with Gasteiger partial charge in [-0.15, -0.1) is 11.3 Å². The van der Waals surface area contributed by atoms with Gasteiger partial charge in [0.05, 0.1) is 17.6 Å². The summed E-state index contributed by atoms with van der Waals surface area (Å²) in [6.07, 6.45) is 47.0. The van der Waals surface area contributed by atoms with Gasteiger partial charge in [-0.1, -0.05) is 283 Å². The largest absolute Gasteiger partial charge is 0.493 e. The summed E-state index contributed by atoms with van der Waals surface area (Å²) in [5, 5.41) is 31.4. The lowest BCUT2D eigenvalue weighted by atomic mass is 9.69. The van der Waals surface area contributed by atoms with Crippen molar-refractivity contribution in [2.75, 3.05) is 6.61 Å². The smallest absolute Gasteiger partial charge is 0.346 e. The third-order valence-electron chi connectivity index (χ3n) is 20.5. The van der Waals surface area contributed by atoms with E-state index >= 15 is 0 Å². The minimum atomic E-state index is -1.16. The van der Waals surface area contributed by atoms with Gasteiger partial charge in [-0.05, 0) is 125 Å². The minimum absolute atomic E-state index is 0.201. The van der Waals surface area contributed by atoms with Crippen LogP contribution < -0.4 is 4.74 Å². The Morgan fingerprint density at radius 3 is 1.56 bits per heavy atom. The summed E-state index contributed by atoms with van der Waals surface area (Å²) in [5.41, 5.74) is 9.19. The van der Waals surface area contributed by atoms with Crippen molar-refractivity contribution in [3.05, 3.63) is 94.4 Å². The molecule has 2 heterocycles. The van der Waals surface area contributed by atoms with E-state index in [1.807, 2.05) is 6.07 Å². The topological polar surface area (TPSA) is 75.2 Å².